The Morgan fingerprint density at radius 3 is 2.65 bits per heavy atom. The maximum Gasteiger partial charge on any atom is 0.0455 e. The summed E-state index contributed by atoms with van der Waals surface area (Å²) in [5.74, 6) is 1.81. The van der Waals surface area contributed by atoms with Crippen molar-refractivity contribution >= 4 is 5.69 Å². The molecule has 0 saturated heterocycles. The molecule has 0 spiro atoms. The van der Waals surface area contributed by atoms with Crippen molar-refractivity contribution in [1.29, 1.82) is 0 Å². The van der Waals surface area contributed by atoms with Crippen molar-refractivity contribution in [2.75, 3.05) is 4.90 Å². The van der Waals surface area contributed by atoms with Crippen LogP contribution in [0.1, 0.15) is 39.0 Å². The van der Waals surface area contributed by atoms with Crippen LogP contribution < -0.4 is 4.90 Å². The van der Waals surface area contributed by atoms with E-state index in [4.69, 9.17) is 0 Å². The highest BCUT2D eigenvalue weighted by atomic mass is 15.2. The molecule has 0 N–H and O–H groups in total. The molecule has 0 bridgehead atoms. The van der Waals surface area contributed by atoms with Gasteiger partial charge in [0.1, 0.15) is 0 Å². The average Bonchev–Trinajstić information content (AvgIpc) is 2.80. The van der Waals surface area contributed by atoms with Gasteiger partial charge in [0.25, 0.3) is 0 Å². The number of hydrogen-bond donors (Lipinski definition) is 0. The number of anilines is 1. The number of benzene rings is 1. The Morgan fingerprint density at radius 2 is 1.77 bits per heavy atom. The molecule has 1 aliphatic heterocycles. The molecule has 0 radical (unpaired) electrons. The van der Waals surface area contributed by atoms with Gasteiger partial charge in [0.2, 0.25) is 0 Å². The Balaban J connectivity index is 1.72. The summed E-state index contributed by atoms with van der Waals surface area (Å²) in [5.41, 5.74) is 7.57. The second kappa shape index (κ2) is 6.46. The van der Waals surface area contributed by atoms with Gasteiger partial charge in [-0.2, -0.15) is 0 Å². The molecule has 1 aromatic rings. The van der Waals surface area contributed by atoms with Gasteiger partial charge in [-0.3, -0.25) is 0 Å². The first kappa shape index (κ1) is 15.9. The second-order valence-electron chi connectivity index (χ2n) is 8.12. The highest BCUT2D eigenvalue weighted by molar-refractivity contribution is 5.68. The van der Waals surface area contributed by atoms with E-state index in [0.29, 0.717) is 17.8 Å². The summed E-state index contributed by atoms with van der Waals surface area (Å²) in [5, 5.41) is 0. The molecule has 1 nitrogen and oxygen atoms in total. The Morgan fingerprint density at radius 1 is 0.885 bits per heavy atom. The number of allylic oxidation sites excluding steroid dienone is 9. The number of fused-ring (bicyclic) bond motifs is 3. The zero-order chi connectivity index (χ0) is 17.5. The Labute approximate surface area is 157 Å². The van der Waals surface area contributed by atoms with E-state index < -0.39 is 0 Å². The average molecular weight is 341 g/mol. The Kier molecular flexibility index (Phi) is 3.96. The highest BCUT2D eigenvalue weighted by Gasteiger charge is 2.40. The van der Waals surface area contributed by atoms with E-state index in [0.717, 1.165) is 0 Å². The molecule has 5 rings (SSSR count). The quantitative estimate of drug-likeness (QED) is 0.560. The van der Waals surface area contributed by atoms with Gasteiger partial charge in [0.05, 0.1) is 0 Å². The van der Waals surface area contributed by atoms with E-state index in [2.05, 4.69) is 78.6 Å². The standard InChI is InChI=1S/C25H27N/c1-18-14-16-22-23-13-7-9-19-8-5-6-12-21(19)25(23)26(24(22)17-15-18)20-10-3-2-4-11-20/h2-6,8,10-12,14,16,18-19,23H,7,9,13,15,17H2,1H3/t18-,19?,23?/m0/s1. The van der Waals surface area contributed by atoms with Gasteiger partial charge in [0, 0.05) is 28.9 Å². The topological polar surface area (TPSA) is 3.24 Å². The summed E-state index contributed by atoms with van der Waals surface area (Å²) in [6.07, 6.45) is 20.4. The van der Waals surface area contributed by atoms with Gasteiger partial charge in [-0.1, -0.05) is 68.0 Å². The number of rotatable bonds is 1. The smallest absolute Gasteiger partial charge is 0.0455 e. The van der Waals surface area contributed by atoms with Crippen LogP contribution in [-0.4, -0.2) is 0 Å². The molecule has 1 heteroatoms. The van der Waals surface area contributed by atoms with Crippen molar-refractivity contribution in [2.24, 2.45) is 17.8 Å². The monoisotopic (exact) mass is 341 g/mol. The number of hydrogen-bond acceptors (Lipinski definition) is 1. The summed E-state index contributed by atoms with van der Waals surface area (Å²) in [4.78, 5) is 2.62. The van der Waals surface area contributed by atoms with E-state index in [1.165, 1.54) is 37.8 Å². The van der Waals surface area contributed by atoms with Crippen molar-refractivity contribution in [3.05, 3.63) is 89.3 Å². The molecule has 2 unspecified atom stereocenters. The zero-order valence-electron chi connectivity index (χ0n) is 15.6. The van der Waals surface area contributed by atoms with Crippen LogP contribution >= 0.6 is 0 Å². The molecule has 26 heavy (non-hydrogen) atoms. The third kappa shape index (κ3) is 2.53. The van der Waals surface area contributed by atoms with Crippen LogP contribution in [-0.2, 0) is 0 Å². The van der Waals surface area contributed by atoms with Gasteiger partial charge in [0.15, 0.2) is 0 Å². The SMILES string of the molecule is C[C@H]1C=CC2=C(CC1)N(c1ccccc1)C1=C3C=CC=CC3CCCC21. The number of para-hydroxylation sites is 1. The fourth-order valence-corrected chi connectivity index (χ4v) is 5.12. The second-order valence-corrected chi connectivity index (χ2v) is 8.12. The van der Waals surface area contributed by atoms with Crippen LogP contribution in [0.25, 0.3) is 0 Å². The van der Waals surface area contributed by atoms with Gasteiger partial charge in [-0.25, -0.2) is 0 Å². The van der Waals surface area contributed by atoms with Crippen LogP contribution in [0.15, 0.2) is 89.3 Å². The van der Waals surface area contributed by atoms with Gasteiger partial charge >= 0.3 is 0 Å². The van der Waals surface area contributed by atoms with E-state index >= 15 is 0 Å². The summed E-state index contributed by atoms with van der Waals surface area (Å²) in [7, 11) is 0. The summed E-state index contributed by atoms with van der Waals surface area (Å²) in [6, 6.07) is 11.0. The first-order chi connectivity index (χ1) is 12.8. The minimum Gasteiger partial charge on any atom is -0.317 e. The van der Waals surface area contributed by atoms with Crippen LogP contribution in [0.4, 0.5) is 5.69 Å². The molecule has 3 aliphatic carbocycles. The van der Waals surface area contributed by atoms with Gasteiger partial charge < -0.3 is 4.90 Å². The first-order valence-electron chi connectivity index (χ1n) is 10.2. The fraction of sp³-hybridized carbons (Fsp3) is 0.360. The molecule has 3 atom stereocenters. The molecular formula is C25H27N. The lowest BCUT2D eigenvalue weighted by Crippen LogP contribution is -2.22. The minimum atomic E-state index is 0.558. The molecule has 132 valence electrons. The molecule has 1 aromatic carbocycles. The van der Waals surface area contributed by atoms with Crippen molar-refractivity contribution in [3.8, 4) is 0 Å². The van der Waals surface area contributed by atoms with Crippen LogP contribution in [0, 0.1) is 17.8 Å². The maximum atomic E-state index is 2.62. The predicted molar refractivity (Wildman–Crippen MR) is 110 cm³/mol. The Hall–Kier alpha value is -2.28. The molecule has 0 aromatic heterocycles. The lowest BCUT2D eigenvalue weighted by atomic mass is 9.88. The molecule has 4 aliphatic rings. The predicted octanol–water partition coefficient (Wildman–Crippen LogP) is 6.54. The number of nitrogens with zero attached hydrogens (tertiary/aromatic N) is 1. The zero-order valence-corrected chi connectivity index (χ0v) is 15.6. The molecule has 1 heterocycles. The largest absolute Gasteiger partial charge is 0.317 e. The summed E-state index contributed by atoms with van der Waals surface area (Å²) >= 11 is 0. The lowest BCUT2D eigenvalue weighted by molar-refractivity contribution is 0.588. The van der Waals surface area contributed by atoms with E-state index in [1.807, 2.05) is 0 Å². The van der Waals surface area contributed by atoms with E-state index in [-0.39, 0.29) is 0 Å². The molecule has 0 saturated carbocycles. The van der Waals surface area contributed by atoms with Crippen molar-refractivity contribution in [1.82, 2.24) is 0 Å². The third-order valence-corrected chi connectivity index (χ3v) is 6.44. The molecular weight excluding hydrogens is 314 g/mol. The van der Waals surface area contributed by atoms with Crippen molar-refractivity contribution < 1.29 is 0 Å². The van der Waals surface area contributed by atoms with Crippen LogP contribution in [0.2, 0.25) is 0 Å². The highest BCUT2D eigenvalue weighted by Crippen LogP contribution is 2.51. The summed E-state index contributed by atoms with van der Waals surface area (Å²) < 4.78 is 0. The maximum absolute atomic E-state index is 2.62. The van der Waals surface area contributed by atoms with Crippen LogP contribution in [0.5, 0.6) is 0 Å². The lowest BCUT2D eigenvalue weighted by Gasteiger charge is -2.30. The van der Waals surface area contributed by atoms with E-state index in [9.17, 15) is 0 Å². The third-order valence-electron chi connectivity index (χ3n) is 6.44. The van der Waals surface area contributed by atoms with Crippen molar-refractivity contribution in [3.63, 3.8) is 0 Å². The first-order valence-corrected chi connectivity index (χ1v) is 10.2. The Bertz CT molecular complexity index is 849. The fourth-order valence-electron chi connectivity index (χ4n) is 5.12. The normalized spacial score (nSPS) is 30.0. The van der Waals surface area contributed by atoms with Gasteiger partial charge in [-0.15, -0.1) is 0 Å². The minimum absolute atomic E-state index is 0.558. The van der Waals surface area contributed by atoms with E-state index in [1.54, 1.807) is 22.5 Å². The van der Waals surface area contributed by atoms with Crippen LogP contribution in [0.3, 0.4) is 0 Å². The summed E-state index contributed by atoms with van der Waals surface area (Å²) in [6.45, 7) is 2.35. The molecule has 0 amide bonds. The molecule has 0 fully saturated rings. The van der Waals surface area contributed by atoms with Crippen molar-refractivity contribution in [2.45, 2.75) is 39.0 Å². The van der Waals surface area contributed by atoms with Gasteiger partial charge in [-0.05, 0) is 54.9 Å².